The summed E-state index contributed by atoms with van der Waals surface area (Å²) in [4.78, 5) is 41.7. The molecule has 1 unspecified atom stereocenters. The molecule has 3 rings (SSSR count). The fourth-order valence-corrected chi connectivity index (χ4v) is 3.95. The minimum Gasteiger partial charge on any atom is -0.444 e. The third-order valence-corrected chi connectivity index (χ3v) is 5.61. The molecule has 2 heterocycles. The van der Waals surface area contributed by atoms with E-state index in [9.17, 15) is 14.4 Å². The van der Waals surface area contributed by atoms with Gasteiger partial charge >= 0.3 is 6.09 Å². The second kappa shape index (κ2) is 9.45. The zero-order valence-electron chi connectivity index (χ0n) is 17.6. The molecular weight excluding hydrogens is 454 g/mol. The Balaban J connectivity index is 1.37. The lowest BCUT2D eigenvalue weighted by Crippen LogP contribution is -2.50. The summed E-state index contributed by atoms with van der Waals surface area (Å²) in [5.41, 5.74) is 0.359. The average Bonchev–Trinajstić information content (AvgIpc) is 2.95. The van der Waals surface area contributed by atoms with Gasteiger partial charge in [0.1, 0.15) is 10.6 Å². The number of hydrogen-bond donors (Lipinski definition) is 0. The van der Waals surface area contributed by atoms with Gasteiger partial charge in [-0.1, -0.05) is 28.1 Å². The van der Waals surface area contributed by atoms with Gasteiger partial charge in [0.2, 0.25) is 0 Å². The molecule has 1 fully saturated rings. The van der Waals surface area contributed by atoms with Gasteiger partial charge in [-0.25, -0.2) is 4.79 Å². The van der Waals surface area contributed by atoms with E-state index >= 15 is 0 Å². The maximum Gasteiger partial charge on any atom is 0.410 e. The Morgan fingerprint density at radius 3 is 2.17 bits per heavy atom. The Morgan fingerprint density at radius 1 is 1.07 bits per heavy atom. The molecule has 0 saturated carbocycles. The van der Waals surface area contributed by atoms with Crippen molar-refractivity contribution < 1.29 is 23.9 Å². The molecule has 8 nitrogen and oxygen atoms in total. The zero-order valence-corrected chi connectivity index (χ0v) is 19.2. The van der Waals surface area contributed by atoms with Crippen molar-refractivity contribution in [1.82, 2.24) is 14.7 Å². The molecule has 2 aliphatic rings. The highest BCUT2D eigenvalue weighted by atomic mass is 79.9. The number of ether oxygens (including phenoxy) is 2. The number of amides is 3. The van der Waals surface area contributed by atoms with Crippen LogP contribution in [0.25, 0.3) is 0 Å². The largest absolute Gasteiger partial charge is 0.444 e. The SMILES string of the molecule is CC(C)(C)OC(=O)N1CCN(CCOCC(Br)N2C(=O)c3ccccc3C2=O)CC1. The molecule has 0 aliphatic carbocycles. The first kappa shape index (κ1) is 22.7. The molecule has 30 heavy (non-hydrogen) atoms. The Morgan fingerprint density at radius 2 is 1.63 bits per heavy atom. The predicted octanol–water partition coefficient (Wildman–Crippen LogP) is 2.57. The van der Waals surface area contributed by atoms with Gasteiger partial charge in [-0.15, -0.1) is 0 Å². The third-order valence-electron chi connectivity index (χ3n) is 4.94. The number of carbonyl (C=O) groups excluding carboxylic acids is 3. The number of piperazine rings is 1. The number of halogens is 1. The topological polar surface area (TPSA) is 79.4 Å². The molecule has 3 amide bonds. The standard InChI is InChI=1S/C21H28BrN3O5/c1-21(2,3)30-20(28)24-10-8-23(9-11-24)12-13-29-14-17(22)25-18(26)15-6-4-5-7-16(15)19(25)27/h4-7,17H,8-14H2,1-3H3. The van der Waals surface area contributed by atoms with Crippen molar-refractivity contribution in [3.05, 3.63) is 35.4 Å². The predicted molar refractivity (Wildman–Crippen MR) is 115 cm³/mol. The lowest BCUT2D eigenvalue weighted by molar-refractivity contribution is 0.0106. The van der Waals surface area contributed by atoms with Crippen molar-refractivity contribution in [2.45, 2.75) is 31.3 Å². The lowest BCUT2D eigenvalue weighted by Gasteiger charge is -2.35. The number of rotatable bonds is 6. The monoisotopic (exact) mass is 481 g/mol. The Bertz CT molecular complexity index is 767. The fraction of sp³-hybridized carbons (Fsp3) is 0.571. The van der Waals surface area contributed by atoms with E-state index in [1.165, 1.54) is 4.90 Å². The Kier molecular flexibility index (Phi) is 7.15. The maximum absolute atomic E-state index is 12.5. The molecule has 0 aromatic heterocycles. The van der Waals surface area contributed by atoms with Crippen LogP contribution in [-0.2, 0) is 9.47 Å². The van der Waals surface area contributed by atoms with Crippen molar-refractivity contribution in [3.8, 4) is 0 Å². The van der Waals surface area contributed by atoms with E-state index in [1.807, 2.05) is 20.8 Å². The second-order valence-electron chi connectivity index (χ2n) is 8.34. The smallest absolute Gasteiger partial charge is 0.410 e. The summed E-state index contributed by atoms with van der Waals surface area (Å²) in [6.45, 7) is 9.70. The number of hydrogen-bond acceptors (Lipinski definition) is 6. The first-order valence-electron chi connectivity index (χ1n) is 10.1. The summed E-state index contributed by atoms with van der Waals surface area (Å²) in [6, 6.07) is 6.81. The van der Waals surface area contributed by atoms with Crippen molar-refractivity contribution in [2.24, 2.45) is 0 Å². The first-order valence-corrected chi connectivity index (χ1v) is 11.0. The number of alkyl halides is 1. The molecule has 1 aromatic carbocycles. The van der Waals surface area contributed by atoms with Crippen LogP contribution >= 0.6 is 15.9 Å². The molecule has 1 atom stereocenters. The summed E-state index contributed by atoms with van der Waals surface area (Å²) in [6.07, 6.45) is -0.276. The van der Waals surface area contributed by atoms with Gasteiger partial charge in [0.15, 0.2) is 0 Å². The van der Waals surface area contributed by atoms with Crippen molar-refractivity contribution in [3.63, 3.8) is 0 Å². The van der Waals surface area contributed by atoms with Crippen LogP contribution in [-0.4, -0.2) is 89.1 Å². The second-order valence-corrected chi connectivity index (χ2v) is 9.40. The molecule has 0 spiro atoms. The molecule has 164 valence electrons. The minimum absolute atomic E-state index is 0.212. The van der Waals surface area contributed by atoms with E-state index in [0.717, 1.165) is 13.1 Å². The van der Waals surface area contributed by atoms with E-state index in [0.29, 0.717) is 37.4 Å². The van der Waals surface area contributed by atoms with E-state index in [-0.39, 0.29) is 24.5 Å². The van der Waals surface area contributed by atoms with E-state index in [4.69, 9.17) is 9.47 Å². The Hall–Kier alpha value is -1.97. The van der Waals surface area contributed by atoms with Crippen LogP contribution < -0.4 is 0 Å². The van der Waals surface area contributed by atoms with Crippen LogP contribution in [0.2, 0.25) is 0 Å². The van der Waals surface area contributed by atoms with Gasteiger partial charge in [-0.05, 0) is 32.9 Å². The van der Waals surface area contributed by atoms with Gasteiger partial charge < -0.3 is 14.4 Å². The van der Waals surface area contributed by atoms with E-state index < -0.39 is 10.6 Å². The molecule has 9 heteroatoms. The highest BCUT2D eigenvalue weighted by Crippen LogP contribution is 2.26. The van der Waals surface area contributed by atoms with Crippen molar-refractivity contribution >= 4 is 33.8 Å². The number of fused-ring (bicyclic) bond motifs is 1. The van der Waals surface area contributed by atoms with Gasteiger partial charge in [0, 0.05) is 32.7 Å². The van der Waals surface area contributed by atoms with Crippen LogP contribution in [0, 0.1) is 0 Å². The van der Waals surface area contributed by atoms with Crippen LogP contribution in [0.5, 0.6) is 0 Å². The quantitative estimate of drug-likeness (QED) is 0.269. The average molecular weight is 482 g/mol. The normalized spacial score (nSPS) is 18.5. The summed E-state index contributed by atoms with van der Waals surface area (Å²) < 4.78 is 11.1. The summed E-state index contributed by atoms with van der Waals surface area (Å²) in [5, 5.41) is 0. The number of benzene rings is 1. The third kappa shape index (κ3) is 5.39. The van der Waals surface area contributed by atoms with Crippen molar-refractivity contribution in [2.75, 3.05) is 45.9 Å². The number of nitrogens with zero attached hydrogens (tertiary/aromatic N) is 3. The zero-order chi connectivity index (χ0) is 21.9. The fourth-order valence-electron chi connectivity index (χ4n) is 3.39. The first-order chi connectivity index (χ1) is 14.2. The highest BCUT2D eigenvalue weighted by Gasteiger charge is 2.38. The number of carbonyl (C=O) groups is 3. The number of imide groups is 1. The van der Waals surface area contributed by atoms with Crippen LogP contribution in [0.15, 0.2) is 24.3 Å². The molecule has 0 N–H and O–H groups in total. The molecule has 0 radical (unpaired) electrons. The van der Waals surface area contributed by atoms with E-state index in [1.54, 1.807) is 29.2 Å². The summed E-state index contributed by atoms with van der Waals surface area (Å²) in [5.74, 6) is -0.612. The molecule has 1 saturated heterocycles. The molecule has 1 aromatic rings. The van der Waals surface area contributed by atoms with Crippen molar-refractivity contribution in [1.29, 1.82) is 0 Å². The molecule has 0 bridgehead atoms. The highest BCUT2D eigenvalue weighted by molar-refractivity contribution is 9.09. The van der Waals surface area contributed by atoms with Gasteiger partial charge in [-0.3, -0.25) is 19.4 Å². The Labute approximate surface area is 185 Å². The lowest BCUT2D eigenvalue weighted by atomic mass is 10.1. The molecule has 2 aliphatic heterocycles. The van der Waals surface area contributed by atoms with Gasteiger partial charge in [0.05, 0.1) is 24.3 Å². The van der Waals surface area contributed by atoms with Crippen LogP contribution in [0.4, 0.5) is 4.79 Å². The minimum atomic E-state index is -0.520. The van der Waals surface area contributed by atoms with Crippen LogP contribution in [0.3, 0.4) is 0 Å². The van der Waals surface area contributed by atoms with E-state index in [2.05, 4.69) is 20.8 Å². The van der Waals surface area contributed by atoms with Gasteiger partial charge in [0.25, 0.3) is 11.8 Å². The maximum atomic E-state index is 12.5. The van der Waals surface area contributed by atoms with Gasteiger partial charge in [-0.2, -0.15) is 0 Å². The molecular formula is C21H28BrN3O5. The summed E-state index contributed by atoms with van der Waals surface area (Å²) in [7, 11) is 0. The van der Waals surface area contributed by atoms with Crippen LogP contribution in [0.1, 0.15) is 41.5 Å². The summed E-state index contributed by atoms with van der Waals surface area (Å²) >= 11 is 3.41.